The van der Waals surface area contributed by atoms with Crippen LogP contribution in [0.4, 0.5) is 8.78 Å². The maximum Gasteiger partial charge on any atom is 0.324 e. The van der Waals surface area contributed by atoms with Crippen molar-refractivity contribution >= 4 is 23.5 Å². The molecule has 2 aromatic rings. The van der Waals surface area contributed by atoms with Crippen molar-refractivity contribution in [1.82, 2.24) is 10.6 Å². The van der Waals surface area contributed by atoms with Gasteiger partial charge >= 0.3 is 5.97 Å². The molecule has 4 atom stereocenters. The van der Waals surface area contributed by atoms with Gasteiger partial charge in [-0.2, -0.15) is 0 Å². The summed E-state index contributed by atoms with van der Waals surface area (Å²) in [5.41, 5.74) is -1.23. The highest BCUT2D eigenvalue weighted by atomic mass is 35.5. The molecule has 1 amide bonds. The number of nitrogens with one attached hydrogen (secondary N) is 2. The molecule has 1 aliphatic carbocycles. The molecule has 0 radical (unpaired) electrons. The molecule has 9 heteroatoms. The molecule has 2 heterocycles. The average Bonchev–Trinajstić information content (AvgIpc) is 3.31. The van der Waals surface area contributed by atoms with Gasteiger partial charge in [-0.05, 0) is 55.2 Å². The van der Waals surface area contributed by atoms with Crippen molar-refractivity contribution in [2.24, 2.45) is 5.41 Å². The highest BCUT2D eigenvalue weighted by Crippen LogP contribution is 2.57. The van der Waals surface area contributed by atoms with Crippen molar-refractivity contribution in [3.05, 3.63) is 64.2 Å². The number of hydrogen-bond donors (Lipinski definition) is 3. The molecule has 5 rings (SSSR count). The second kappa shape index (κ2) is 9.88. The van der Waals surface area contributed by atoms with Crippen LogP contribution in [-0.4, -0.2) is 41.2 Å². The van der Waals surface area contributed by atoms with Crippen molar-refractivity contribution in [2.75, 3.05) is 0 Å². The number of aliphatic hydroxyl groups excluding tert-OH is 1. The Morgan fingerprint density at radius 1 is 1.18 bits per heavy atom. The molecule has 204 valence electrons. The van der Waals surface area contributed by atoms with Gasteiger partial charge in [-0.3, -0.25) is 9.59 Å². The molecule has 1 saturated heterocycles. The molecule has 0 aromatic heterocycles. The van der Waals surface area contributed by atoms with Crippen LogP contribution in [0.15, 0.2) is 36.4 Å². The molecule has 3 aliphatic rings. The standard InChI is InChI=1S/C29H33ClF2N2O4/c1-28(2,3)14-22-29(19-12-7-15(31)13-21(19)38-27(29)37)23(18-5-4-6-20(30)24(18)32)25(34-22)26(36)33-16-8-10-17(35)11-9-16/h4-7,12-13,16-17,22-23,25,34-35H,8-11,14H2,1-3H3,(H,33,36)/t16-,17-,22-,23+,25-,29+/m1/s1. The van der Waals surface area contributed by atoms with Gasteiger partial charge in [-0.1, -0.05) is 50.6 Å². The van der Waals surface area contributed by atoms with Crippen LogP contribution < -0.4 is 15.4 Å². The first-order valence-electron chi connectivity index (χ1n) is 13.1. The van der Waals surface area contributed by atoms with Gasteiger partial charge in [0.1, 0.15) is 22.8 Å². The number of amides is 1. The number of fused-ring (bicyclic) bond motifs is 2. The van der Waals surface area contributed by atoms with E-state index in [1.165, 1.54) is 18.2 Å². The third-order valence-electron chi connectivity index (χ3n) is 8.14. The summed E-state index contributed by atoms with van der Waals surface area (Å²) in [6, 6.07) is 6.71. The molecule has 2 aliphatic heterocycles. The molecule has 1 saturated carbocycles. The second-order valence-electron chi connectivity index (χ2n) is 12.0. The Balaban J connectivity index is 1.67. The maximum absolute atomic E-state index is 15.7. The summed E-state index contributed by atoms with van der Waals surface area (Å²) >= 11 is 6.20. The van der Waals surface area contributed by atoms with Crippen LogP contribution in [0.5, 0.6) is 5.75 Å². The topological polar surface area (TPSA) is 87.7 Å². The molecular weight excluding hydrogens is 514 g/mol. The molecule has 2 aromatic carbocycles. The number of rotatable bonds is 4. The molecule has 0 unspecified atom stereocenters. The van der Waals surface area contributed by atoms with E-state index in [4.69, 9.17) is 16.3 Å². The zero-order valence-corrected chi connectivity index (χ0v) is 22.4. The van der Waals surface area contributed by atoms with E-state index in [1.54, 1.807) is 12.1 Å². The van der Waals surface area contributed by atoms with Crippen LogP contribution in [0.3, 0.4) is 0 Å². The number of benzene rings is 2. The summed E-state index contributed by atoms with van der Waals surface area (Å²) in [6.07, 6.45) is 2.48. The molecule has 3 N–H and O–H groups in total. The Labute approximate surface area is 226 Å². The van der Waals surface area contributed by atoms with Crippen molar-refractivity contribution in [3.63, 3.8) is 0 Å². The molecular formula is C29H33ClF2N2O4. The van der Waals surface area contributed by atoms with E-state index in [2.05, 4.69) is 10.6 Å². The first-order chi connectivity index (χ1) is 17.9. The molecule has 2 fully saturated rings. The fourth-order valence-electron chi connectivity index (χ4n) is 6.52. The van der Waals surface area contributed by atoms with Crippen LogP contribution in [-0.2, 0) is 15.0 Å². The van der Waals surface area contributed by atoms with Gasteiger partial charge in [0.25, 0.3) is 0 Å². The van der Waals surface area contributed by atoms with Gasteiger partial charge < -0.3 is 20.5 Å². The Morgan fingerprint density at radius 3 is 2.58 bits per heavy atom. The van der Waals surface area contributed by atoms with Crippen molar-refractivity contribution in [3.8, 4) is 5.75 Å². The van der Waals surface area contributed by atoms with E-state index in [9.17, 15) is 19.1 Å². The predicted molar refractivity (Wildman–Crippen MR) is 139 cm³/mol. The zero-order valence-electron chi connectivity index (χ0n) is 21.7. The van der Waals surface area contributed by atoms with Crippen LogP contribution >= 0.6 is 11.6 Å². The number of hydrogen-bond acceptors (Lipinski definition) is 5. The lowest BCUT2D eigenvalue weighted by Gasteiger charge is -2.36. The minimum atomic E-state index is -1.49. The third kappa shape index (κ3) is 4.61. The van der Waals surface area contributed by atoms with E-state index in [-0.39, 0.29) is 39.8 Å². The molecule has 6 nitrogen and oxygen atoms in total. The second-order valence-corrected chi connectivity index (χ2v) is 12.4. The summed E-state index contributed by atoms with van der Waals surface area (Å²) < 4.78 is 35.6. The van der Waals surface area contributed by atoms with Gasteiger partial charge in [0, 0.05) is 29.6 Å². The third-order valence-corrected chi connectivity index (χ3v) is 8.43. The van der Waals surface area contributed by atoms with Gasteiger partial charge in [-0.25, -0.2) is 8.78 Å². The smallest absolute Gasteiger partial charge is 0.324 e. The number of ether oxygens (including phenoxy) is 1. The van der Waals surface area contributed by atoms with E-state index in [0.29, 0.717) is 37.7 Å². The Morgan fingerprint density at radius 2 is 1.89 bits per heavy atom. The molecule has 38 heavy (non-hydrogen) atoms. The summed E-state index contributed by atoms with van der Waals surface area (Å²) in [5.74, 6) is -3.23. The normalized spacial score (nSPS) is 30.8. The van der Waals surface area contributed by atoms with E-state index >= 15 is 4.39 Å². The molecule has 1 spiro atoms. The average molecular weight is 547 g/mol. The predicted octanol–water partition coefficient (Wildman–Crippen LogP) is 4.76. The first kappa shape index (κ1) is 27.0. The largest absolute Gasteiger partial charge is 0.425 e. The van der Waals surface area contributed by atoms with Crippen LogP contribution in [0.1, 0.15) is 69.9 Å². The number of esters is 1. The van der Waals surface area contributed by atoms with E-state index in [1.807, 2.05) is 20.8 Å². The van der Waals surface area contributed by atoms with Crippen molar-refractivity contribution in [1.29, 1.82) is 0 Å². The van der Waals surface area contributed by atoms with Gasteiger partial charge in [-0.15, -0.1) is 0 Å². The van der Waals surface area contributed by atoms with E-state index < -0.39 is 41.0 Å². The lowest BCUT2D eigenvalue weighted by molar-refractivity contribution is -0.139. The summed E-state index contributed by atoms with van der Waals surface area (Å²) in [5, 5.41) is 16.2. The quantitative estimate of drug-likeness (QED) is 0.380. The van der Waals surface area contributed by atoms with Crippen molar-refractivity contribution in [2.45, 2.75) is 88.4 Å². The monoisotopic (exact) mass is 546 g/mol. The first-order valence-corrected chi connectivity index (χ1v) is 13.5. The maximum atomic E-state index is 15.7. The van der Waals surface area contributed by atoms with E-state index in [0.717, 1.165) is 6.07 Å². The van der Waals surface area contributed by atoms with Crippen LogP contribution in [0.25, 0.3) is 0 Å². The number of carbonyl (C=O) groups excluding carboxylic acids is 2. The highest BCUT2D eigenvalue weighted by Gasteiger charge is 2.67. The Bertz CT molecular complexity index is 1260. The molecule has 0 bridgehead atoms. The number of halogens is 3. The Hall–Kier alpha value is -2.55. The fourth-order valence-corrected chi connectivity index (χ4v) is 6.70. The minimum absolute atomic E-state index is 0.0745. The number of carbonyl (C=O) groups is 2. The lowest BCUT2D eigenvalue weighted by Crippen LogP contribution is -2.49. The summed E-state index contributed by atoms with van der Waals surface area (Å²) in [6.45, 7) is 6.05. The minimum Gasteiger partial charge on any atom is -0.425 e. The van der Waals surface area contributed by atoms with Gasteiger partial charge in [0.15, 0.2) is 0 Å². The van der Waals surface area contributed by atoms with Crippen LogP contribution in [0, 0.1) is 17.0 Å². The highest BCUT2D eigenvalue weighted by molar-refractivity contribution is 6.30. The SMILES string of the molecule is CC(C)(C)C[C@H]1N[C@@H](C(=O)N[C@H]2CC[C@H](O)CC2)[C@H](c2cccc(Cl)c2F)[C@@]12C(=O)Oc1cc(F)ccc12. The fraction of sp³-hybridized carbons (Fsp3) is 0.517. The van der Waals surface area contributed by atoms with Crippen molar-refractivity contribution < 1.29 is 28.2 Å². The summed E-state index contributed by atoms with van der Waals surface area (Å²) in [4.78, 5) is 27.8. The summed E-state index contributed by atoms with van der Waals surface area (Å²) in [7, 11) is 0. The number of aliphatic hydroxyl groups is 1. The lowest BCUT2D eigenvalue weighted by atomic mass is 9.62. The van der Waals surface area contributed by atoms with Gasteiger partial charge in [0.2, 0.25) is 5.91 Å². The Kier molecular flexibility index (Phi) is 7.03. The van der Waals surface area contributed by atoms with Crippen LogP contribution in [0.2, 0.25) is 5.02 Å². The zero-order chi connectivity index (χ0) is 27.4. The van der Waals surface area contributed by atoms with Gasteiger partial charge in [0.05, 0.1) is 17.2 Å².